The van der Waals surface area contributed by atoms with Crippen molar-refractivity contribution in [2.75, 3.05) is 11.9 Å². The molecule has 0 fully saturated rings. The number of carbonyl (C=O) groups is 1. The highest BCUT2D eigenvalue weighted by atomic mass is 16.5. The number of hydrogen-bond donors (Lipinski definition) is 1. The molecule has 0 saturated heterocycles. The molecule has 140 valence electrons. The summed E-state index contributed by atoms with van der Waals surface area (Å²) >= 11 is 0. The molecule has 4 rings (SSSR count). The van der Waals surface area contributed by atoms with E-state index in [1.165, 1.54) is 4.40 Å². The molecular weight excluding hydrogens is 354 g/mol. The average Bonchev–Trinajstić information content (AvgIpc) is 2.69. The first-order valence-electron chi connectivity index (χ1n) is 8.92. The number of rotatable bonds is 4. The molecule has 28 heavy (non-hydrogen) atoms. The van der Waals surface area contributed by atoms with Crippen molar-refractivity contribution in [2.24, 2.45) is 0 Å². The van der Waals surface area contributed by atoms with E-state index in [1.807, 2.05) is 61.5 Å². The molecule has 6 heteroatoms. The van der Waals surface area contributed by atoms with Gasteiger partial charge in [-0.1, -0.05) is 30.3 Å². The summed E-state index contributed by atoms with van der Waals surface area (Å²) in [6.07, 6.45) is 1.65. The second-order valence-electron chi connectivity index (χ2n) is 6.66. The summed E-state index contributed by atoms with van der Waals surface area (Å²) < 4.78 is 7.01. The molecule has 0 aliphatic rings. The number of aryl methyl sites for hydroxylation is 2. The van der Waals surface area contributed by atoms with E-state index in [4.69, 9.17) is 4.74 Å². The Hall–Kier alpha value is -3.67. The zero-order valence-corrected chi connectivity index (χ0v) is 15.6. The van der Waals surface area contributed by atoms with Gasteiger partial charge in [0.05, 0.1) is 5.69 Å². The number of amides is 1. The molecule has 2 heterocycles. The number of nitrogens with one attached hydrogen (secondary N) is 1. The number of pyridine rings is 1. The lowest BCUT2D eigenvalue weighted by atomic mass is 10.1. The minimum Gasteiger partial charge on any atom is -0.484 e. The quantitative estimate of drug-likeness (QED) is 0.594. The van der Waals surface area contributed by atoms with Crippen LogP contribution in [-0.2, 0) is 4.79 Å². The van der Waals surface area contributed by atoms with Crippen molar-refractivity contribution in [3.63, 3.8) is 0 Å². The summed E-state index contributed by atoms with van der Waals surface area (Å²) in [5.74, 6) is 0.177. The van der Waals surface area contributed by atoms with Crippen LogP contribution in [0.4, 0.5) is 5.69 Å². The summed E-state index contributed by atoms with van der Waals surface area (Å²) in [5, 5.41) is 4.76. The van der Waals surface area contributed by atoms with Crippen molar-refractivity contribution in [3.05, 3.63) is 82.4 Å². The Bertz CT molecular complexity index is 1260. The molecule has 1 amide bonds. The minimum absolute atomic E-state index is 0.161. The fraction of sp³-hybridized carbons (Fsp3) is 0.136. The molecule has 0 aliphatic carbocycles. The average molecular weight is 373 g/mol. The van der Waals surface area contributed by atoms with Gasteiger partial charge < -0.3 is 10.1 Å². The lowest BCUT2D eigenvalue weighted by molar-refractivity contribution is -0.118. The SMILES string of the molecule is Cc1ccn2c(=O)c(NC(=O)COc3ccc4ccccc4c3)c(C)nc2c1. The molecule has 0 unspecified atom stereocenters. The van der Waals surface area contributed by atoms with Gasteiger partial charge in [0.25, 0.3) is 11.5 Å². The van der Waals surface area contributed by atoms with Crippen LogP contribution in [0.15, 0.2) is 65.6 Å². The van der Waals surface area contributed by atoms with Gasteiger partial charge in [0.2, 0.25) is 0 Å². The Labute approximate surface area is 161 Å². The van der Waals surface area contributed by atoms with Crippen LogP contribution in [0.25, 0.3) is 16.4 Å². The van der Waals surface area contributed by atoms with Crippen LogP contribution in [0.2, 0.25) is 0 Å². The molecule has 1 N–H and O–H groups in total. The molecule has 0 spiro atoms. The smallest absolute Gasteiger partial charge is 0.281 e. The van der Waals surface area contributed by atoms with Gasteiger partial charge in [-0.15, -0.1) is 0 Å². The molecule has 2 aromatic heterocycles. The van der Waals surface area contributed by atoms with Crippen molar-refractivity contribution in [3.8, 4) is 5.75 Å². The second-order valence-corrected chi connectivity index (χ2v) is 6.66. The van der Waals surface area contributed by atoms with E-state index in [2.05, 4.69) is 10.3 Å². The number of ether oxygens (including phenoxy) is 1. The van der Waals surface area contributed by atoms with Crippen molar-refractivity contribution in [1.29, 1.82) is 0 Å². The third-order valence-corrected chi connectivity index (χ3v) is 4.52. The number of benzene rings is 2. The van der Waals surface area contributed by atoms with Crippen LogP contribution in [0.3, 0.4) is 0 Å². The van der Waals surface area contributed by atoms with Gasteiger partial charge in [-0.05, 0) is 54.4 Å². The van der Waals surface area contributed by atoms with Gasteiger partial charge in [-0.25, -0.2) is 4.98 Å². The number of fused-ring (bicyclic) bond motifs is 2. The summed E-state index contributed by atoms with van der Waals surface area (Å²) in [5.41, 5.74) is 1.87. The van der Waals surface area contributed by atoms with Gasteiger partial charge in [0.15, 0.2) is 6.61 Å². The highest BCUT2D eigenvalue weighted by Gasteiger charge is 2.13. The maximum atomic E-state index is 12.7. The summed E-state index contributed by atoms with van der Waals surface area (Å²) in [4.78, 5) is 29.4. The summed E-state index contributed by atoms with van der Waals surface area (Å²) in [7, 11) is 0. The van der Waals surface area contributed by atoms with Crippen molar-refractivity contribution < 1.29 is 9.53 Å². The van der Waals surface area contributed by atoms with Gasteiger partial charge in [-0.3, -0.25) is 14.0 Å². The molecule has 0 bridgehead atoms. The maximum absolute atomic E-state index is 12.7. The fourth-order valence-corrected chi connectivity index (χ4v) is 3.08. The van der Waals surface area contributed by atoms with Crippen molar-refractivity contribution >= 4 is 28.0 Å². The van der Waals surface area contributed by atoms with Crippen LogP contribution < -0.4 is 15.6 Å². The van der Waals surface area contributed by atoms with Crippen LogP contribution in [0, 0.1) is 13.8 Å². The standard InChI is InChI=1S/C22H19N3O3/c1-14-9-10-25-19(11-14)23-15(2)21(22(25)27)24-20(26)13-28-18-8-7-16-5-3-4-6-17(16)12-18/h3-12H,13H2,1-2H3,(H,24,26). The molecule has 0 radical (unpaired) electrons. The number of aromatic nitrogens is 2. The Kier molecular flexibility index (Phi) is 4.53. The van der Waals surface area contributed by atoms with Crippen LogP contribution in [0.1, 0.15) is 11.3 Å². The summed E-state index contributed by atoms with van der Waals surface area (Å²) in [6.45, 7) is 3.43. The van der Waals surface area contributed by atoms with Gasteiger partial charge in [0.1, 0.15) is 17.1 Å². The molecule has 0 saturated carbocycles. The minimum atomic E-state index is -0.415. The number of carbonyl (C=O) groups excluding carboxylic acids is 1. The van der Waals surface area contributed by atoms with E-state index in [9.17, 15) is 9.59 Å². The third-order valence-electron chi connectivity index (χ3n) is 4.52. The third kappa shape index (κ3) is 3.44. The van der Waals surface area contributed by atoms with E-state index < -0.39 is 5.91 Å². The number of anilines is 1. The van der Waals surface area contributed by atoms with E-state index in [0.29, 0.717) is 17.1 Å². The zero-order chi connectivity index (χ0) is 19.7. The Morgan fingerprint density at radius 2 is 1.86 bits per heavy atom. The highest BCUT2D eigenvalue weighted by molar-refractivity contribution is 5.92. The predicted molar refractivity (Wildman–Crippen MR) is 109 cm³/mol. The zero-order valence-electron chi connectivity index (χ0n) is 15.6. The van der Waals surface area contributed by atoms with Crippen LogP contribution >= 0.6 is 0 Å². The normalized spacial score (nSPS) is 10.9. The first kappa shape index (κ1) is 17.7. The Morgan fingerprint density at radius 3 is 2.68 bits per heavy atom. The van der Waals surface area contributed by atoms with E-state index >= 15 is 0 Å². The molecule has 2 aromatic carbocycles. The maximum Gasteiger partial charge on any atom is 0.281 e. The first-order valence-corrected chi connectivity index (χ1v) is 8.92. The predicted octanol–water partition coefficient (Wildman–Crippen LogP) is 3.48. The first-order chi connectivity index (χ1) is 13.5. The lowest BCUT2D eigenvalue weighted by Crippen LogP contribution is -2.28. The van der Waals surface area contributed by atoms with Gasteiger partial charge in [-0.2, -0.15) is 0 Å². The molecule has 6 nitrogen and oxygen atoms in total. The van der Waals surface area contributed by atoms with Crippen molar-refractivity contribution in [2.45, 2.75) is 13.8 Å². The van der Waals surface area contributed by atoms with E-state index in [1.54, 1.807) is 13.1 Å². The van der Waals surface area contributed by atoms with Gasteiger partial charge >= 0.3 is 0 Å². The largest absolute Gasteiger partial charge is 0.484 e. The van der Waals surface area contributed by atoms with Crippen LogP contribution in [0.5, 0.6) is 5.75 Å². The van der Waals surface area contributed by atoms with E-state index in [-0.39, 0.29) is 17.9 Å². The monoisotopic (exact) mass is 373 g/mol. The Balaban J connectivity index is 1.51. The van der Waals surface area contributed by atoms with Crippen LogP contribution in [-0.4, -0.2) is 21.9 Å². The van der Waals surface area contributed by atoms with Crippen molar-refractivity contribution in [1.82, 2.24) is 9.38 Å². The molecule has 0 atom stereocenters. The van der Waals surface area contributed by atoms with Gasteiger partial charge in [0, 0.05) is 6.20 Å². The molecular formula is C22H19N3O3. The molecule has 4 aromatic rings. The Morgan fingerprint density at radius 1 is 1.07 bits per heavy atom. The molecule has 0 aliphatic heterocycles. The second kappa shape index (κ2) is 7.15. The highest BCUT2D eigenvalue weighted by Crippen LogP contribution is 2.20. The number of hydrogen-bond acceptors (Lipinski definition) is 4. The van der Waals surface area contributed by atoms with E-state index in [0.717, 1.165) is 16.3 Å². The lowest BCUT2D eigenvalue weighted by Gasteiger charge is -2.11. The number of nitrogens with zero attached hydrogens (tertiary/aromatic N) is 2. The summed E-state index contributed by atoms with van der Waals surface area (Å²) in [6, 6.07) is 17.2. The topological polar surface area (TPSA) is 72.7 Å². The fourth-order valence-electron chi connectivity index (χ4n) is 3.08.